The Morgan fingerprint density at radius 3 is 2.67 bits per heavy atom. The quantitative estimate of drug-likeness (QED) is 0.486. The topological polar surface area (TPSA) is 80.5 Å². The lowest BCUT2D eigenvalue weighted by molar-refractivity contribution is 0.0955. The van der Waals surface area contributed by atoms with Gasteiger partial charge in [-0.25, -0.2) is 4.98 Å². The summed E-state index contributed by atoms with van der Waals surface area (Å²) in [7, 11) is 5.58. The zero-order chi connectivity index (χ0) is 21.1. The third-order valence-corrected chi connectivity index (χ3v) is 5.67. The predicted octanol–water partition coefficient (Wildman–Crippen LogP) is 3.92. The monoisotopic (exact) mass is 422 g/mol. The normalized spacial score (nSPS) is 11.2. The van der Waals surface area contributed by atoms with Crippen LogP contribution in [0.3, 0.4) is 0 Å². The van der Waals surface area contributed by atoms with Crippen LogP contribution in [0.5, 0.6) is 5.75 Å². The lowest BCUT2D eigenvalue weighted by atomic mass is 10.0. The summed E-state index contributed by atoms with van der Waals surface area (Å²) in [5.41, 5.74) is 3.39. The Balaban J connectivity index is 1.55. The molecule has 2 aromatic carbocycles. The molecule has 0 fully saturated rings. The zero-order valence-electron chi connectivity index (χ0n) is 17.0. The van der Waals surface area contributed by atoms with Crippen molar-refractivity contribution >= 4 is 28.2 Å². The van der Waals surface area contributed by atoms with Crippen LogP contribution in [0.1, 0.15) is 9.67 Å². The van der Waals surface area contributed by atoms with E-state index in [1.165, 1.54) is 11.3 Å². The minimum Gasteiger partial charge on any atom is -0.497 e. The van der Waals surface area contributed by atoms with Crippen molar-refractivity contribution in [2.75, 3.05) is 34.3 Å². The van der Waals surface area contributed by atoms with E-state index in [0.29, 0.717) is 27.7 Å². The van der Waals surface area contributed by atoms with Gasteiger partial charge in [-0.1, -0.05) is 23.4 Å². The third kappa shape index (κ3) is 4.19. The number of hydrogen-bond acceptors (Lipinski definition) is 7. The summed E-state index contributed by atoms with van der Waals surface area (Å²) in [4.78, 5) is 19.3. The summed E-state index contributed by atoms with van der Waals surface area (Å²) < 4.78 is 10.8. The number of carbonyl (C=O) groups excluding carboxylic acids is 1. The van der Waals surface area contributed by atoms with Gasteiger partial charge in [0, 0.05) is 13.1 Å². The largest absolute Gasteiger partial charge is 0.497 e. The molecule has 4 rings (SSSR count). The van der Waals surface area contributed by atoms with Crippen molar-refractivity contribution in [1.29, 1.82) is 0 Å². The highest BCUT2D eigenvalue weighted by Crippen LogP contribution is 2.33. The molecule has 0 saturated heterocycles. The first-order chi connectivity index (χ1) is 14.5. The van der Waals surface area contributed by atoms with Gasteiger partial charge in [0.15, 0.2) is 5.58 Å². The maximum atomic E-state index is 12.3. The fraction of sp³-hybridized carbons (Fsp3) is 0.227. The van der Waals surface area contributed by atoms with Crippen molar-refractivity contribution in [3.63, 3.8) is 0 Å². The Morgan fingerprint density at radius 1 is 1.17 bits per heavy atom. The van der Waals surface area contributed by atoms with E-state index in [0.717, 1.165) is 28.8 Å². The fourth-order valence-corrected chi connectivity index (χ4v) is 3.85. The summed E-state index contributed by atoms with van der Waals surface area (Å²) in [6, 6.07) is 13.8. The van der Waals surface area contributed by atoms with Gasteiger partial charge >= 0.3 is 0 Å². The van der Waals surface area contributed by atoms with Crippen molar-refractivity contribution in [3.8, 4) is 27.6 Å². The van der Waals surface area contributed by atoms with Crippen LogP contribution >= 0.6 is 11.3 Å². The Bertz CT molecular complexity index is 1160. The van der Waals surface area contributed by atoms with E-state index < -0.39 is 0 Å². The molecule has 1 amide bonds. The molecule has 0 aliphatic heterocycles. The third-order valence-electron chi connectivity index (χ3n) is 4.67. The van der Waals surface area contributed by atoms with E-state index in [9.17, 15) is 4.79 Å². The molecular formula is C22H22N4O3S. The highest BCUT2D eigenvalue weighted by Gasteiger charge is 2.17. The number of nitrogens with one attached hydrogen (secondary N) is 1. The number of likely N-dealkylation sites (N-methyl/N-ethyl adjacent to an activating group) is 1. The smallest absolute Gasteiger partial charge is 0.263 e. The van der Waals surface area contributed by atoms with Crippen LogP contribution in [0.4, 0.5) is 0 Å². The van der Waals surface area contributed by atoms with Gasteiger partial charge in [-0.2, -0.15) is 0 Å². The highest BCUT2D eigenvalue weighted by molar-refractivity contribution is 7.17. The predicted molar refractivity (Wildman–Crippen MR) is 118 cm³/mol. The molecule has 0 bridgehead atoms. The maximum absolute atomic E-state index is 12.3. The molecule has 0 unspecified atom stereocenters. The number of thiazole rings is 1. The first kappa shape index (κ1) is 20.1. The number of rotatable bonds is 7. The minimum atomic E-state index is -0.129. The summed E-state index contributed by atoms with van der Waals surface area (Å²) in [6.07, 6.45) is 1.58. The Labute approximate surface area is 178 Å². The van der Waals surface area contributed by atoms with E-state index in [2.05, 4.69) is 15.5 Å². The second-order valence-corrected chi connectivity index (χ2v) is 8.09. The lowest BCUT2D eigenvalue weighted by Crippen LogP contribution is -2.30. The van der Waals surface area contributed by atoms with Crippen LogP contribution < -0.4 is 10.1 Å². The molecule has 0 radical (unpaired) electrons. The number of benzene rings is 2. The van der Waals surface area contributed by atoms with Crippen LogP contribution in [0.2, 0.25) is 0 Å². The standard InChI is InChI=1S/C22H22N4O3S/c1-26(2)11-10-23-21(27)19-13-24-22(30-19)20-17-9-6-15(12-18(17)29-25-20)14-4-7-16(28-3)8-5-14/h4-9,12-13H,10-11H2,1-3H3,(H,23,27). The highest BCUT2D eigenvalue weighted by atomic mass is 32.1. The molecule has 7 nitrogen and oxygen atoms in total. The average Bonchev–Trinajstić information content (AvgIpc) is 3.40. The fourth-order valence-electron chi connectivity index (χ4n) is 3.02. The number of nitrogens with zero attached hydrogens (tertiary/aromatic N) is 3. The molecule has 30 heavy (non-hydrogen) atoms. The number of carbonyl (C=O) groups is 1. The van der Waals surface area contributed by atoms with Gasteiger partial charge in [0.2, 0.25) is 0 Å². The van der Waals surface area contributed by atoms with Crippen molar-refractivity contribution in [2.45, 2.75) is 0 Å². The van der Waals surface area contributed by atoms with Crippen molar-refractivity contribution in [3.05, 3.63) is 53.5 Å². The van der Waals surface area contributed by atoms with E-state index in [1.807, 2.05) is 61.5 Å². The van der Waals surface area contributed by atoms with Crippen molar-refractivity contribution in [1.82, 2.24) is 20.4 Å². The number of ether oxygens (including phenoxy) is 1. The zero-order valence-corrected chi connectivity index (χ0v) is 17.8. The molecule has 2 heterocycles. The molecule has 154 valence electrons. The number of amides is 1. The number of aromatic nitrogens is 2. The molecule has 0 spiro atoms. The molecule has 1 N–H and O–H groups in total. The Hall–Kier alpha value is -3.23. The van der Waals surface area contributed by atoms with Crippen LogP contribution in [-0.4, -0.2) is 55.2 Å². The van der Waals surface area contributed by atoms with E-state index in [-0.39, 0.29) is 5.91 Å². The molecule has 0 saturated carbocycles. The van der Waals surface area contributed by atoms with Crippen LogP contribution in [0.15, 0.2) is 53.2 Å². The number of hydrogen-bond donors (Lipinski definition) is 1. The summed E-state index contributed by atoms with van der Waals surface area (Å²) >= 11 is 1.30. The van der Waals surface area contributed by atoms with Crippen molar-refractivity contribution < 1.29 is 14.1 Å². The van der Waals surface area contributed by atoms with Crippen LogP contribution in [-0.2, 0) is 0 Å². The van der Waals surface area contributed by atoms with Gasteiger partial charge < -0.3 is 19.5 Å². The first-order valence-electron chi connectivity index (χ1n) is 9.48. The van der Waals surface area contributed by atoms with Gasteiger partial charge in [-0.3, -0.25) is 4.79 Å². The molecule has 8 heteroatoms. The second kappa shape index (κ2) is 8.64. The molecule has 0 atom stereocenters. The summed E-state index contributed by atoms with van der Waals surface area (Å²) in [5, 5.41) is 8.62. The molecule has 0 aliphatic carbocycles. The molecule has 2 aromatic heterocycles. The average molecular weight is 423 g/mol. The molecule has 0 aliphatic rings. The molecule has 4 aromatic rings. The first-order valence-corrected chi connectivity index (χ1v) is 10.3. The SMILES string of the molecule is COc1ccc(-c2ccc3c(-c4ncc(C(=O)NCCN(C)C)s4)noc3c2)cc1. The Morgan fingerprint density at radius 2 is 1.93 bits per heavy atom. The Kier molecular flexibility index (Phi) is 5.78. The second-order valence-electron chi connectivity index (χ2n) is 7.06. The van der Waals surface area contributed by atoms with Gasteiger partial charge in [-0.15, -0.1) is 11.3 Å². The van der Waals surface area contributed by atoms with Gasteiger partial charge in [0.25, 0.3) is 5.91 Å². The summed E-state index contributed by atoms with van der Waals surface area (Å²) in [5.74, 6) is 0.683. The lowest BCUT2D eigenvalue weighted by Gasteiger charge is -2.09. The number of fused-ring (bicyclic) bond motifs is 1. The minimum absolute atomic E-state index is 0.129. The maximum Gasteiger partial charge on any atom is 0.263 e. The van der Waals surface area contributed by atoms with Gasteiger partial charge in [0.05, 0.1) is 18.7 Å². The summed E-state index contributed by atoms with van der Waals surface area (Å²) in [6.45, 7) is 1.36. The van der Waals surface area contributed by atoms with Crippen molar-refractivity contribution in [2.24, 2.45) is 0 Å². The van der Waals surface area contributed by atoms with Crippen LogP contribution in [0.25, 0.3) is 32.8 Å². The van der Waals surface area contributed by atoms with Crippen LogP contribution in [0, 0.1) is 0 Å². The molecular weight excluding hydrogens is 400 g/mol. The van der Waals surface area contributed by atoms with Gasteiger partial charge in [-0.05, 0) is 49.5 Å². The number of methoxy groups -OCH3 is 1. The van der Waals surface area contributed by atoms with E-state index in [1.54, 1.807) is 13.3 Å². The van der Waals surface area contributed by atoms with E-state index in [4.69, 9.17) is 9.26 Å². The van der Waals surface area contributed by atoms with Gasteiger partial charge in [0.1, 0.15) is 21.3 Å². The van der Waals surface area contributed by atoms with E-state index >= 15 is 0 Å².